The number of hydrogen-bond acceptors (Lipinski definition) is 6. The van der Waals surface area contributed by atoms with E-state index in [1.807, 2.05) is 67.9 Å². The minimum atomic E-state index is -0.327. The second-order valence-corrected chi connectivity index (χ2v) is 12.1. The zero-order valence-corrected chi connectivity index (χ0v) is 23.5. The number of hydrogen-bond donors (Lipinski definition) is 1. The van der Waals surface area contributed by atoms with Gasteiger partial charge in [-0.15, -0.1) is 11.8 Å². The topological polar surface area (TPSA) is 85.7 Å². The Morgan fingerprint density at radius 1 is 1.16 bits per heavy atom. The van der Waals surface area contributed by atoms with E-state index in [9.17, 15) is 9.59 Å². The van der Waals surface area contributed by atoms with Gasteiger partial charge in [0.15, 0.2) is 11.5 Å². The first-order valence-electron chi connectivity index (χ1n) is 12.8. The lowest BCUT2D eigenvalue weighted by molar-refractivity contribution is -0.123. The Morgan fingerprint density at radius 2 is 1.89 bits per heavy atom. The van der Waals surface area contributed by atoms with Crippen molar-refractivity contribution in [3.05, 3.63) is 64.8 Å². The number of rotatable bonds is 5. The van der Waals surface area contributed by atoms with Crippen molar-refractivity contribution < 1.29 is 19.1 Å². The molecule has 0 aliphatic carbocycles. The molecule has 0 fully saturated rings. The summed E-state index contributed by atoms with van der Waals surface area (Å²) in [6.45, 7) is 12.3. The predicted molar refractivity (Wildman–Crippen MR) is 149 cm³/mol. The molecule has 8 nitrogen and oxygen atoms in total. The molecule has 5 rings (SSSR count). The number of nitrogens with zero attached hydrogens (tertiary/aromatic N) is 3. The van der Waals surface area contributed by atoms with Gasteiger partial charge in [0.05, 0.1) is 22.4 Å². The number of carbonyl (C=O) groups excluding carboxylic acids is 2. The summed E-state index contributed by atoms with van der Waals surface area (Å²) in [6, 6.07) is 13.9. The number of para-hydroxylation sites is 1. The van der Waals surface area contributed by atoms with Crippen molar-refractivity contribution in [3.8, 4) is 17.2 Å². The molecule has 38 heavy (non-hydrogen) atoms. The van der Waals surface area contributed by atoms with Crippen LogP contribution in [0.1, 0.15) is 62.3 Å². The van der Waals surface area contributed by atoms with Crippen molar-refractivity contribution >= 4 is 29.4 Å². The molecule has 200 valence electrons. The smallest absolute Gasteiger partial charge is 0.240 e. The van der Waals surface area contributed by atoms with E-state index >= 15 is 0 Å². The number of aryl methyl sites for hydroxylation is 1. The average molecular weight is 535 g/mol. The SMILES string of the molecule is Cc1ccccc1-n1nc(C(C)(C)C)c2c1N(CC(=O)NC(C)C)C(=O)CS[C@@H]2c1ccc2c(c1)OCO2. The fraction of sp³-hybridized carbons (Fsp3) is 0.414. The molecule has 0 saturated heterocycles. The number of thioether (sulfide) groups is 1. The molecule has 0 saturated carbocycles. The van der Waals surface area contributed by atoms with Crippen LogP contribution in [0.15, 0.2) is 42.5 Å². The third-order valence-corrected chi connectivity index (χ3v) is 7.85. The first-order chi connectivity index (χ1) is 18.0. The summed E-state index contributed by atoms with van der Waals surface area (Å²) in [5, 5.41) is 7.90. The summed E-state index contributed by atoms with van der Waals surface area (Å²) < 4.78 is 13.1. The Labute approximate surface area is 227 Å². The largest absolute Gasteiger partial charge is 0.454 e. The van der Waals surface area contributed by atoms with E-state index in [4.69, 9.17) is 14.6 Å². The number of anilines is 1. The second-order valence-electron chi connectivity index (χ2n) is 11.0. The number of amides is 2. The molecule has 3 aromatic rings. The summed E-state index contributed by atoms with van der Waals surface area (Å²) in [5.41, 5.74) is 4.39. The Kier molecular flexibility index (Phi) is 6.90. The maximum atomic E-state index is 13.7. The van der Waals surface area contributed by atoms with E-state index in [2.05, 4.69) is 26.1 Å². The Hall–Kier alpha value is -3.46. The number of benzene rings is 2. The van der Waals surface area contributed by atoms with Crippen LogP contribution in [0, 0.1) is 6.92 Å². The summed E-state index contributed by atoms with van der Waals surface area (Å²) in [4.78, 5) is 28.4. The van der Waals surface area contributed by atoms with Crippen molar-refractivity contribution in [1.82, 2.24) is 15.1 Å². The molecule has 2 aromatic carbocycles. The lowest BCUT2D eigenvalue weighted by atomic mass is 9.87. The van der Waals surface area contributed by atoms with Crippen molar-refractivity contribution in [2.45, 2.75) is 58.2 Å². The second kappa shape index (κ2) is 10.0. The fourth-order valence-corrected chi connectivity index (χ4v) is 6.08. The number of ether oxygens (including phenoxy) is 2. The van der Waals surface area contributed by atoms with Gasteiger partial charge in [-0.2, -0.15) is 5.10 Å². The highest BCUT2D eigenvalue weighted by Gasteiger charge is 2.40. The standard InChI is InChI=1S/C29H34N4O4S/c1-17(2)30-23(34)14-32-24(35)15-38-26(19-11-12-21-22(13-19)37-16-36-21)25-27(29(4,5)6)31-33(28(25)32)20-10-8-7-9-18(20)3/h7-13,17,26H,14-16H2,1-6H3,(H,30,34)/t26-/m1/s1. The van der Waals surface area contributed by atoms with Crippen LogP contribution in [0.5, 0.6) is 11.5 Å². The van der Waals surface area contributed by atoms with Gasteiger partial charge in [-0.3, -0.25) is 14.5 Å². The molecule has 1 aromatic heterocycles. The van der Waals surface area contributed by atoms with Gasteiger partial charge in [0.1, 0.15) is 12.4 Å². The molecule has 9 heteroatoms. The Bertz CT molecular complexity index is 1390. The molecular formula is C29H34N4O4S. The number of nitrogens with one attached hydrogen (secondary N) is 1. The number of carbonyl (C=O) groups is 2. The summed E-state index contributed by atoms with van der Waals surface area (Å²) in [5.74, 6) is 1.93. The van der Waals surface area contributed by atoms with Crippen LogP contribution in [0.2, 0.25) is 0 Å². The zero-order valence-electron chi connectivity index (χ0n) is 22.7. The van der Waals surface area contributed by atoms with Crippen LogP contribution in [-0.4, -0.2) is 46.7 Å². The van der Waals surface area contributed by atoms with Crippen LogP contribution < -0.4 is 19.7 Å². The fourth-order valence-electron chi connectivity index (χ4n) is 4.89. The van der Waals surface area contributed by atoms with Gasteiger partial charge < -0.3 is 14.8 Å². The van der Waals surface area contributed by atoms with Crippen molar-refractivity contribution in [2.24, 2.45) is 0 Å². The minimum absolute atomic E-state index is 0.0359. The Balaban J connectivity index is 1.77. The van der Waals surface area contributed by atoms with Gasteiger partial charge in [0.25, 0.3) is 0 Å². The number of aromatic nitrogens is 2. The van der Waals surface area contributed by atoms with E-state index in [1.165, 1.54) is 0 Å². The lowest BCUT2D eigenvalue weighted by Gasteiger charge is -2.25. The van der Waals surface area contributed by atoms with Gasteiger partial charge in [0, 0.05) is 17.0 Å². The predicted octanol–water partition coefficient (Wildman–Crippen LogP) is 4.90. The number of fused-ring (bicyclic) bond motifs is 2. The molecule has 2 amide bonds. The van der Waals surface area contributed by atoms with Gasteiger partial charge in [-0.1, -0.05) is 45.0 Å². The normalized spacial score (nSPS) is 17.0. The van der Waals surface area contributed by atoms with E-state index in [-0.39, 0.29) is 47.6 Å². The van der Waals surface area contributed by atoms with Crippen LogP contribution >= 0.6 is 11.8 Å². The minimum Gasteiger partial charge on any atom is -0.454 e. The van der Waals surface area contributed by atoms with E-state index < -0.39 is 0 Å². The molecule has 2 aliphatic heterocycles. The quantitative estimate of drug-likeness (QED) is 0.501. The molecule has 1 N–H and O–H groups in total. The average Bonchev–Trinajstić information content (AvgIpc) is 3.44. The molecule has 0 unspecified atom stereocenters. The molecule has 1 atom stereocenters. The molecule has 0 bridgehead atoms. The van der Waals surface area contributed by atoms with Gasteiger partial charge in [-0.05, 0) is 50.1 Å². The molecular weight excluding hydrogens is 500 g/mol. The summed E-state index contributed by atoms with van der Waals surface area (Å²) in [6.07, 6.45) is 0. The third kappa shape index (κ3) is 4.87. The van der Waals surface area contributed by atoms with E-state index in [0.717, 1.165) is 28.1 Å². The van der Waals surface area contributed by atoms with Gasteiger partial charge in [0.2, 0.25) is 18.6 Å². The van der Waals surface area contributed by atoms with Crippen molar-refractivity contribution in [3.63, 3.8) is 0 Å². The maximum absolute atomic E-state index is 13.7. The van der Waals surface area contributed by atoms with Crippen LogP contribution in [0.4, 0.5) is 5.82 Å². The van der Waals surface area contributed by atoms with Gasteiger partial charge in [-0.25, -0.2) is 4.68 Å². The zero-order chi connectivity index (χ0) is 27.2. The lowest BCUT2D eigenvalue weighted by Crippen LogP contribution is -2.44. The highest BCUT2D eigenvalue weighted by molar-refractivity contribution is 8.00. The highest BCUT2D eigenvalue weighted by atomic mass is 32.2. The van der Waals surface area contributed by atoms with Gasteiger partial charge >= 0.3 is 0 Å². The van der Waals surface area contributed by atoms with Crippen LogP contribution in [0.25, 0.3) is 5.69 Å². The van der Waals surface area contributed by atoms with Crippen LogP contribution in [0.3, 0.4) is 0 Å². The Morgan fingerprint density at radius 3 is 2.61 bits per heavy atom. The monoisotopic (exact) mass is 534 g/mol. The molecule has 2 aliphatic rings. The summed E-state index contributed by atoms with van der Waals surface area (Å²) in [7, 11) is 0. The first kappa shape index (κ1) is 26.2. The van der Waals surface area contributed by atoms with Crippen molar-refractivity contribution in [2.75, 3.05) is 24.0 Å². The van der Waals surface area contributed by atoms with E-state index in [1.54, 1.807) is 16.7 Å². The maximum Gasteiger partial charge on any atom is 0.240 e. The molecule has 3 heterocycles. The van der Waals surface area contributed by atoms with E-state index in [0.29, 0.717) is 17.3 Å². The van der Waals surface area contributed by atoms with Crippen molar-refractivity contribution in [1.29, 1.82) is 0 Å². The first-order valence-corrected chi connectivity index (χ1v) is 13.9. The highest BCUT2D eigenvalue weighted by Crippen LogP contribution is 2.50. The third-order valence-electron chi connectivity index (χ3n) is 6.59. The molecule has 0 radical (unpaired) electrons. The molecule has 0 spiro atoms. The van der Waals surface area contributed by atoms with Crippen LogP contribution in [-0.2, 0) is 15.0 Å². The summed E-state index contributed by atoms with van der Waals surface area (Å²) >= 11 is 1.55.